The van der Waals surface area contributed by atoms with Crippen LogP contribution in [0.25, 0.3) is 10.8 Å². The first-order valence-electron chi connectivity index (χ1n) is 6.63. The van der Waals surface area contributed by atoms with Gasteiger partial charge in [-0.15, -0.1) is 11.3 Å². The van der Waals surface area contributed by atoms with E-state index in [0.29, 0.717) is 35.8 Å². The van der Waals surface area contributed by atoms with Crippen molar-refractivity contribution in [1.82, 2.24) is 9.88 Å². The van der Waals surface area contributed by atoms with Crippen LogP contribution >= 0.6 is 11.3 Å². The highest BCUT2D eigenvalue weighted by Crippen LogP contribution is 2.30. The fourth-order valence-electron chi connectivity index (χ4n) is 2.50. The van der Waals surface area contributed by atoms with Crippen molar-refractivity contribution in [2.45, 2.75) is 25.8 Å². The van der Waals surface area contributed by atoms with Gasteiger partial charge in [0.25, 0.3) is 5.91 Å². The summed E-state index contributed by atoms with van der Waals surface area (Å²) < 4.78 is 5.28. The third kappa shape index (κ3) is 2.44. The number of aliphatic carboxylic acids is 1. The van der Waals surface area contributed by atoms with Crippen LogP contribution < -0.4 is 0 Å². The SMILES string of the molecule is Cc1sc(-c2ccco2)nc1C(=O)N1CCC[C@@H]1C(=O)O. The molecule has 0 spiro atoms. The van der Waals surface area contributed by atoms with Gasteiger partial charge in [0.2, 0.25) is 0 Å². The van der Waals surface area contributed by atoms with Crippen molar-refractivity contribution < 1.29 is 19.1 Å². The van der Waals surface area contributed by atoms with E-state index in [9.17, 15) is 14.7 Å². The molecule has 0 unspecified atom stereocenters. The molecular weight excluding hydrogens is 292 g/mol. The number of carboxylic acids is 1. The Morgan fingerprint density at radius 1 is 1.52 bits per heavy atom. The first-order chi connectivity index (χ1) is 10.1. The monoisotopic (exact) mass is 306 g/mol. The molecule has 3 heterocycles. The van der Waals surface area contributed by atoms with E-state index in [2.05, 4.69) is 4.98 Å². The molecule has 1 fully saturated rings. The summed E-state index contributed by atoms with van der Waals surface area (Å²) in [6.07, 6.45) is 2.75. The van der Waals surface area contributed by atoms with Crippen molar-refractivity contribution in [2.75, 3.05) is 6.54 Å². The summed E-state index contributed by atoms with van der Waals surface area (Å²) in [4.78, 5) is 30.2. The number of carbonyl (C=O) groups is 2. The molecule has 0 bridgehead atoms. The van der Waals surface area contributed by atoms with E-state index in [1.165, 1.54) is 16.2 Å². The zero-order valence-electron chi connectivity index (χ0n) is 11.4. The van der Waals surface area contributed by atoms with Gasteiger partial charge in [-0.05, 0) is 31.9 Å². The first kappa shape index (κ1) is 13.8. The Labute approximate surface area is 125 Å². The highest BCUT2D eigenvalue weighted by molar-refractivity contribution is 7.15. The van der Waals surface area contributed by atoms with Crippen LogP contribution in [0.4, 0.5) is 0 Å². The minimum atomic E-state index is -0.958. The minimum Gasteiger partial charge on any atom is -0.480 e. The van der Waals surface area contributed by atoms with Crippen LogP contribution in [0, 0.1) is 6.92 Å². The van der Waals surface area contributed by atoms with Crippen molar-refractivity contribution in [2.24, 2.45) is 0 Å². The molecule has 2 aromatic heterocycles. The van der Waals surface area contributed by atoms with Crippen LogP contribution in [-0.4, -0.2) is 39.5 Å². The first-order valence-corrected chi connectivity index (χ1v) is 7.44. The molecule has 3 rings (SSSR count). The molecule has 0 aliphatic carbocycles. The van der Waals surface area contributed by atoms with Crippen molar-refractivity contribution in [3.63, 3.8) is 0 Å². The number of likely N-dealkylation sites (tertiary alicyclic amines) is 1. The van der Waals surface area contributed by atoms with Crippen molar-refractivity contribution in [1.29, 1.82) is 0 Å². The highest BCUT2D eigenvalue weighted by Gasteiger charge is 2.36. The molecule has 0 radical (unpaired) electrons. The summed E-state index contributed by atoms with van der Waals surface area (Å²) >= 11 is 1.37. The molecule has 7 heteroatoms. The maximum Gasteiger partial charge on any atom is 0.326 e. The molecule has 110 valence electrons. The lowest BCUT2D eigenvalue weighted by molar-refractivity contribution is -0.141. The Kier molecular flexibility index (Phi) is 3.50. The lowest BCUT2D eigenvalue weighted by atomic mass is 10.2. The minimum absolute atomic E-state index is 0.313. The van der Waals surface area contributed by atoms with Gasteiger partial charge in [0.1, 0.15) is 11.7 Å². The number of nitrogens with zero attached hydrogens (tertiary/aromatic N) is 2. The summed E-state index contributed by atoms with van der Waals surface area (Å²) in [6.45, 7) is 2.27. The maximum absolute atomic E-state index is 12.5. The van der Waals surface area contributed by atoms with E-state index in [-0.39, 0.29) is 5.91 Å². The standard InChI is InChI=1S/C14H14N2O4S/c1-8-11(15-12(21-8)10-5-3-7-20-10)13(17)16-6-2-4-9(16)14(18)19/h3,5,7,9H,2,4,6H2,1H3,(H,18,19)/t9-/m1/s1. The molecule has 1 saturated heterocycles. The Morgan fingerprint density at radius 3 is 3.00 bits per heavy atom. The van der Waals surface area contributed by atoms with Gasteiger partial charge in [-0.25, -0.2) is 9.78 Å². The van der Waals surface area contributed by atoms with Gasteiger partial charge < -0.3 is 14.4 Å². The quantitative estimate of drug-likeness (QED) is 0.941. The van der Waals surface area contributed by atoms with Crippen LogP contribution in [0.15, 0.2) is 22.8 Å². The Morgan fingerprint density at radius 2 is 2.33 bits per heavy atom. The Balaban J connectivity index is 1.90. The fraction of sp³-hybridized carbons (Fsp3) is 0.357. The second kappa shape index (κ2) is 5.33. The third-order valence-electron chi connectivity index (χ3n) is 3.53. The Bertz CT molecular complexity index is 677. The van der Waals surface area contributed by atoms with Gasteiger partial charge in [-0.1, -0.05) is 0 Å². The maximum atomic E-state index is 12.5. The lowest BCUT2D eigenvalue weighted by Gasteiger charge is -2.20. The number of furan rings is 1. The summed E-state index contributed by atoms with van der Waals surface area (Å²) in [5.41, 5.74) is 0.319. The summed E-state index contributed by atoms with van der Waals surface area (Å²) in [5, 5.41) is 9.81. The van der Waals surface area contributed by atoms with Gasteiger partial charge >= 0.3 is 5.97 Å². The molecule has 1 amide bonds. The zero-order chi connectivity index (χ0) is 15.0. The van der Waals surface area contributed by atoms with Crippen molar-refractivity contribution in [3.05, 3.63) is 29.0 Å². The molecule has 21 heavy (non-hydrogen) atoms. The second-order valence-electron chi connectivity index (χ2n) is 4.90. The van der Waals surface area contributed by atoms with Crippen molar-refractivity contribution >= 4 is 23.2 Å². The topological polar surface area (TPSA) is 83.6 Å². The molecule has 6 nitrogen and oxygen atoms in total. The molecule has 2 aromatic rings. The number of amides is 1. The smallest absolute Gasteiger partial charge is 0.326 e. The van der Waals surface area contributed by atoms with Crippen LogP contribution in [0.3, 0.4) is 0 Å². The van der Waals surface area contributed by atoms with Gasteiger partial charge in [-0.3, -0.25) is 4.79 Å². The molecule has 1 aliphatic heterocycles. The predicted octanol–water partition coefficient (Wildman–Crippen LogP) is 2.40. The van der Waals surface area contributed by atoms with E-state index < -0.39 is 12.0 Å². The molecular formula is C14H14N2O4S. The second-order valence-corrected chi connectivity index (χ2v) is 6.10. The summed E-state index contributed by atoms with van der Waals surface area (Å²) in [6, 6.07) is 2.79. The highest BCUT2D eigenvalue weighted by atomic mass is 32.1. The van der Waals surface area contributed by atoms with Crippen LogP contribution in [0.1, 0.15) is 28.2 Å². The van der Waals surface area contributed by atoms with E-state index in [1.807, 2.05) is 6.92 Å². The largest absolute Gasteiger partial charge is 0.480 e. The predicted molar refractivity (Wildman–Crippen MR) is 76.2 cm³/mol. The van der Waals surface area contributed by atoms with E-state index in [1.54, 1.807) is 18.4 Å². The number of hydrogen-bond donors (Lipinski definition) is 1. The molecule has 0 aromatic carbocycles. The molecule has 1 atom stereocenters. The number of carbonyl (C=O) groups excluding carboxylic acids is 1. The van der Waals surface area contributed by atoms with Crippen molar-refractivity contribution in [3.8, 4) is 10.8 Å². The van der Waals surface area contributed by atoms with Gasteiger partial charge in [0, 0.05) is 11.4 Å². The van der Waals surface area contributed by atoms with E-state index >= 15 is 0 Å². The van der Waals surface area contributed by atoms with Gasteiger partial charge in [-0.2, -0.15) is 0 Å². The number of carboxylic acid groups (broad SMARTS) is 1. The number of thiazole rings is 1. The fourth-order valence-corrected chi connectivity index (χ4v) is 3.38. The summed E-state index contributed by atoms with van der Waals surface area (Å²) in [5.74, 6) is -0.662. The zero-order valence-corrected chi connectivity index (χ0v) is 12.2. The number of aromatic nitrogens is 1. The molecule has 1 aliphatic rings. The molecule has 0 saturated carbocycles. The number of hydrogen-bond acceptors (Lipinski definition) is 5. The van der Waals surface area contributed by atoms with Crippen LogP contribution in [0.2, 0.25) is 0 Å². The van der Waals surface area contributed by atoms with Crippen LogP contribution in [-0.2, 0) is 4.79 Å². The average molecular weight is 306 g/mol. The average Bonchev–Trinajstić information content (AvgIpc) is 3.18. The Hall–Kier alpha value is -2.15. The third-order valence-corrected chi connectivity index (χ3v) is 4.52. The van der Waals surface area contributed by atoms with E-state index in [0.717, 1.165) is 4.88 Å². The van der Waals surface area contributed by atoms with Gasteiger partial charge in [0.15, 0.2) is 10.8 Å². The normalized spacial score (nSPS) is 18.1. The van der Waals surface area contributed by atoms with Gasteiger partial charge in [0.05, 0.1) is 6.26 Å². The van der Waals surface area contributed by atoms with E-state index in [4.69, 9.17) is 4.42 Å². The number of rotatable bonds is 3. The molecule has 1 N–H and O–H groups in total. The lowest BCUT2D eigenvalue weighted by Crippen LogP contribution is -2.40. The number of aryl methyl sites for hydroxylation is 1. The van der Waals surface area contributed by atoms with Crippen LogP contribution in [0.5, 0.6) is 0 Å². The summed E-state index contributed by atoms with van der Waals surface area (Å²) in [7, 11) is 0.